The van der Waals surface area contributed by atoms with Crippen LogP contribution in [0.1, 0.15) is 28.2 Å². The lowest BCUT2D eigenvalue weighted by atomic mass is 10.1. The molecule has 106 valence electrons. The molecule has 0 saturated carbocycles. The summed E-state index contributed by atoms with van der Waals surface area (Å²) in [5.74, 6) is -3.10. The van der Waals surface area contributed by atoms with Crippen molar-refractivity contribution in [2.75, 3.05) is 0 Å². The summed E-state index contributed by atoms with van der Waals surface area (Å²) in [6.07, 6.45) is -8.32. The van der Waals surface area contributed by atoms with E-state index in [4.69, 9.17) is 5.11 Å². The Bertz CT molecular complexity index is 491. The Labute approximate surface area is 111 Å². The number of nitrogens with zero attached hydrogens (tertiary/aromatic N) is 1. The molecule has 1 heterocycles. The number of hydrogen-bond donors (Lipinski definition) is 1. The van der Waals surface area contributed by atoms with E-state index in [1.54, 1.807) is 0 Å². The van der Waals surface area contributed by atoms with Gasteiger partial charge in [0, 0.05) is 10.9 Å². The highest BCUT2D eigenvalue weighted by atomic mass is 79.9. The number of carbonyl (C=O) groups is 1. The van der Waals surface area contributed by atoms with Crippen LogP contribution in [0.4, 0.5) is 22.0 Å². The van der Waals surface area contributed by atoms with Gasteiger partial charge in [-0.3, -0.25) is 0 Å². The lowest BCUT2D eigenvalue weighted by Crippen LogP contribution is -2.20. The second kappa shape index (κ2) is 5.68. The molecule has 0 aliphatic carbocycles. The zero-order valence-corrected chi connectivity index (χ0v) is 10.4. The summed E-state index contributed by atoms with van der Waals surface area (Å²) in [4.78, 5) is 14.0. The van der Waals surface area contributed by atoms with Crippen LogP contribution in [0.15, 0.2) is 6.07 Å². The van der Waals surface area contributed by atoms with Crippen LogP contribution in [-0.4, -0.2) is 22.4 Å². The van der Waals surface area contributed by atoms with E-state index in [0.717, 1.165) is 0 Å². The van der Waals surface area contributed by atoms with Gasteiger partial charge in [0.1, 0.15) is 0 Å². The Morgan fingerprint density at radius 2 is 2.05 bits per heavy atom. The Kier molecular flexibility index (Phi) is 4.66. The first kappa shape index (κ1) is 15.6. The molecule has 0 saturated heterocycles. The minimum absolute atomic E-state index is 0.237. The summed E-state index contributed by atoms with van der Waals surface area (Å²) in [5.41, 5.74) is -2.29. The molecule has 1 rings (SSSR count). The summed E-state index contributed by atoms with van der Waals surface area (Å²) < 4.78 is 64.8. The first-order valence-corrected chi connectivity index (χ1v) is 5.64. The summed E-state index contributed by atoms with van der Waals surface area (Å²) in [5, 5.41) is 8.46. The molecule has 1 aromatic heterocycles. The number of aromatic nitrogens is 1. The molecule has 0 amide bonds. The van der Waals surface area contributed by atoms with Gasteiger partial charge in [-0.2, -0.15) is 0 Å². The summed E-state index contributed by atoms with van der Waals surface area (Å²) in [6, 6.07) is 0.325. The van der Waals surface area contributed by atoms with Crippen LogP contribution in [0, 0.1) is 0 Å². The minimum atomic E-state index is -5.21. The van der Waals surface area contributed by atoms with Crippen LogP contribution in [0.5, 0.6) is 5.75 Å². The molecule has 0 unspecified atom stereocenters. The van der Waals surface area contributed by atoms with E-state index in [9.17, 15) is 26.7 Å². The van der Waals surface area contributed by atoms with E-state index >= 15 is 0 Å². The Morgan fingerprint density at radius 1 is 1.47 bits per heavy atom. The highest BCUT2D eigenvalue weighted by Gasteiger charge is 2.34. The number of alkyl halides is 6. The van der Waals surface area contributed by atoms with Gasteiger partial charge in [0.25, 0.3) is 6.43 Å². The average molecular weight is 350 g/mol. The molecule has 0 aromatic carbocycles. The van der Waals surface area contributed by atoms with Gasteiger partial charge >= 0.3 is 12.3 Å². The number of carboxylic acids is 1. The maximum absolute atomic E-state index is 12.6. The van der Waals surface area contributed by atoms with Crippen LogP contribution >= 0.6 is 15.9 Å². The third-order valence-corrected chi connectivity index (χ3v) is 2.42. The third kappa shape index (κ3) is 4.01. The second-order valence-electron chi connectivity index (χ2n) is 3.16. The summed E-state index contributed by atoms with van der Waals surface area (Å²) in [7, 11) is 0. The average Bonchev–Trinajstić information content (AvgIpc) is 2.25. The predicted molar refractivity (Wildman–Crippen MR) is 55.5 cm³/mol. The molecule has 1 N–H and O–H groups in total. The number of hydrogen-bond acceptors (Lipinski definition) is 3. The molecule has 0 atom stereocenters. The standard InChI is InChI=1S/C9H5BrF5NO3/c10-2-4-3(7(11)12)1-5(19-9(13,14)15)6(16-4)8(17)18/h1,7H,2H2,(H,17,18). The highest BCUT2D eigenvalue weighted by Crippen LogP contribution is 2.32. The Morgan fingerprint density at radius 3 is 2.42 bits per heavy atom. The van der Waals surface area contributed by atoms with Crippen LogP contribution in [0.3, 0.4) is 0 Å². The van der Waals surface area contributed by atoms with Crippen LogP contribution in [-0.2, 0) is 5.33 Å². The zero-order chi connectivity index (χ0) is 14.8. The third-order valence-electron chi connectivity index (χ3n) is 1.89. The number of ether oxygens (including phenoxy) is 1. The molecule has 4 nitrogen and oxygen atoms in total. The number of aromatic carboxylic acids is 1. The number of carboxylic acid groups (broad SMARTS) is 1. The van der Waals surface area contributed by atoms with Crippen molar-refractivity contribution >= 4 is 21.9 Å². The first-order valence-electron chi connectivity index (χ1n) is 4.52. The minimum Gasteiger partial charge on any atom is -0.476 e. The van der Waals surface area contributed by atoms with Gasteiger partial charge in [0.2, 0.25) is 0 Å². The fourth-order valence-corrected chi connectivity index (χ4v) is 1.65. The van der Waals surface area contributed by atoms with Crippen molar-refractivity contribution in [3.05, 3.63) is 23.0 Å². The van der Waals surface area contributed by atoms with Gasteiger partial charge in [-0.25, -0.2) is 18.6 Å². The molecular formula is C9H5BrF5NO3. The molecule has 0 aliphatic heterocycles. The SMILES string of the molecule is O=C(O)c1nc(CBr)c(C(F)F)cc1OC(F)(F)F. The fourth-order valence-electron chi connectivity index (χ4n) is 1.20. The Balaban J connectivity index is 3.41. The summed E-state index contributed by atoms with van der Waals surface area (Å²) in [6.45, 7) is 0. The first-order chi connectivity index (χ1) is 8.65. The monoisotopic (exact) mass is 349 g/mol. The molecule has 0 radical (unpaired) electrons. The van der Waals surface area contributed by atoms with E-state index in [1.165, 1.54) is 0 Å². The molecule has 0 spiro atoms. The van der Waals surface area contributed by atoms with Crippen molar-refractivity contribution in [3.63, 3.8) is 0 Å². The van der Waals surface area contributed by atoms with E-state index in [0.29, 0.717) is 6.07 Å². The molecular weight excluding hydrogens is 345 g/mol. The molecule has 0 fully saturated rings. The van der Waals surface area contributed by atoms with E-state index < -0.39 is 35.8 Å². The van der Waals surface area contributed by atoms with Crippen LogP contribution in [0.25, 0.3) is 0 Å². The summed E-state index contributed by atoms with van der Waals surface area (Å²) >= 11 is 2.79. The normalized spacial score (nSPS) is 11.7. The van der Waals surface area contributed by atoms with E-state index in [1.807, 2.05) is 0 Å². The van der Waals surface area contributed by atoms with Crippen molar-refractivity contribution in [2.24, 2.45) is 0 Å². The van der Waals surface area contributed by atoms with Gasteiger partial charge in [-0.05, 0) is 6.07 Å². The lowest BCUT2D eigenvalue weighted by molar-refractivity contribution is -0.274. The number of halogens is 6. The maximum atomic E-state index is 12.6. The maximum Gasteiger partial charge on any atom is 0.573 e. The van der Waals surface area contributed by atoms with Gasteiger partial charge < -0.3 is 9.84 Å². The van der Waals surface area contributed by atoms with Crippen molar-refractivity contribution in [2.45, 2.75) is 18.1 Å². The largest absolute Gasteiger partial charge is 0.573 e. The molecule has 1 aromatic rings. The van der Waals surface area contributed by atoms with Gasteiger partial charge in [-0.1, -0.05) is 15.9 Å². The molecule has 0 bridgehead atoms. The van der Waals surface area contributed by atoms with Gasteiger partial charge in [0.15, 0.2) is 11.4 Å². The van der Waals surface area contributed by atoms with Crippen LogP contribution < -0.4 is 4.74 Å². The highest BCUT2D eigenvalue weighted by molar-refractivity contribution is 9.08. The predicted octanol–water partition coefficient (Wildman–Crippen LogP) is 3.51. The van der Waals surface area contributed by atoms with Crippen molar-refractivity contribution in [3.8, 4) is 5.75 Å². The van der Waals surface area contributed by atoms with E-state index in [2.05, 4.69) is 25.7 Å². The number of rotatable bonds is 4. The fraction of sp³-hybridized carbons (Fsp3) is 0.333. The molecule has 19 heavy (non-hydrogen) atoms. The molecule has 0 aliphatic rings. The second-order valence-corrected chi connectivity index (χ2v) is 3.72. The molecule has 10 heteroatoms. The topological polar surface area (TPSA) is 59.4 Å². The smallest absolute Gasteiger partial charge is 0.476 e. The van der Waals surface area contributed by atoms with Gasteiger partial charge in [0.05, 0.1) is 5.69 Å². The lowest BCUT2D eigenvalue weighted by Gasteiger charge is -2.14. The quantitative estimate of drug-likeness (QED) is 0.667. The zero-order valence-electron chi connectivity index (χ0n) is 8.84. The van der Waals surface area contributed by atoms with Crippen molar-refractivity contribution in [1.82, 2.24) is 4.98 Å². The Hall–Kier alpha value is -1.45. The van der Waals surface area contributed by atoms with Crippen molar-refractivity contribution < 1.29 is 36.6 Å². The van der Waals surface area contributed by atoms with E-state index in [-0.39, 0.29) is 11.0 Å². The van der Waals surface area contributed by atoms with Gasteiger partial charge in [-0.15, -0.1) is 13.2 Å². The number of pyridine rings is 1. The van der Waals surface area contributed by atoms with Crippen molar-refractivity contribution in [1.29, 1.82) is 0 Å². The van der Waals surface area contributed by atoms with Crippen LogP contribution in [0.2, 0.25) is 0 Å².